The molecule has 1 aromatic carbocycles. The van der Waals surface area contributed by atoms with Crippen molar-refractivity contribution >= 4 is 0 Å². The molecule has 2 nitrogen and oxygen atoms in total. The van der Waals surface area contributed by atoms with Crippen LogP contribution < -0.4 is 5.32 Å². The minimum absolute atomic E-state index is 0.160. The van der Waals surface area contributed by atoms with E-state index in [4.69, 9.17) is 0 Å². The number of benzene rings is 1. The molecule has 0 saturated heterocycles. The zero-order chi connectivity index (χ0) is 13.7. The average molecular weight is 264 g/mol. The van der Waals surface area contributed by atoms with Crippen LogP contribution in [0.5, 0.6) is 0 Å². The van der Waals surface area contributed by atoms with Crippen LogP contribution in [0.1, 0.15) is 44.7 Å². The molecule has 106 valence electrons. The maximum absolute atomic E-state index is 13.0. The Morgan fingerprint density at radius 1 is 1.26 bits per heavy atom. The van der Waals surface area contributed by atoms with E-state index in [1.165, 1.54) is 18.4 Å². The van der Waals surface area contributed by atoms with E-state index in [0.29, 0.717) is 6.04 Å². The molecule has 0 amide bonds. The first kappa shape index (κ1) is 14.5. The number of hydrogen-bond acceptors (Lipinski definition) is 2. The first-order valence-corrected chi connectivity index (χ1v) is 7.47. The molecule has 1 saturated carbocycles. The lowest BCUT2D eigenvalue weighted by Crippen LogP contribution is -2.31. The van der Waals surface area contributed by atoms with Crippen molar-refractivity contribution in [3.63, 3.8) is 0 Å². The minimum Gasteiger partial charge on any atom is -0.310 e. The van der Waals surface area contributed by atoms with Gasteiger partial charge in [0.2, 0.25) is 0 Å². The van der Waals surface area contributed by atoms with E-state index in [0.717, 1.165) is 32.1 Å². The Morgan fingerprint density at radius 2 is 1.95 bits per heavy atom. The van der Waals surface area contributed by atoms with Gasteiger partial charge in [-0.25, -0.2) is 4.39 Å². The van der Waals surface area contributed by atoms with Gasteiger partial charge in [-0.15, -0.1) is 0 Å². The van der Waals surface area contributed by atoms with Crippen molar-refractivity contribution in [2.45, 2.75) is 45.2 Å². The topological polar surface area (TPSA) is 15.3 Å². The van der Waals surface area contributed by atoms with E-state index in [2.05, 4.69) is 24.1 Å². The highest BCUT2D eigenvalue weighted by Gasteiger charge is 2.27. The maximum atomic E-state index is 13.0. The predicted molar refractivity (Wildman–Crippen MR) is 77.7 cm³/mol. The summed E-state index contributed by atoms with van der Waals surface area (Å²) in [6.45, 7) is 7.55. The normalized spacial score (nSPS) is 16.8. The Hall–Kier alpha value is -0.930. The quantitative estimate of drug-likeness (QED) is 0.774. The van der Waals surface area contributed by atoms with E-state index in [9.17, 15) is 4.39 Å². The highest BCUT2D eigenvalue weighted by molar-refractivity contribution is 5.20. The molecule has 1 unspecified atom stereocenters. The van der Waals surface area contributed by atoms with Gasteiger partial charge in [0.1, 0.15) is 5.82 Å². The summed E-state index contributed by atoms with van der Waals surface area (Å²) >= 11 is 0. The van der Waals surface area contributed by atoms with Crippen molar-refractivity contribution in [3.8, 4) is 0 Å². The zero-order valence-corrected chi connectivity index (χ0v) is 12.0. The van der Waals surface area contributed by atoms with Crippen LogP contribution in [0.4, 0.5) is 4.39 Å². The highest BCUT2D eigenvalue weighted by Crippen LogP contribution is 2.28. The summed E-state index contributed by atoms with van der Waals surface area (Å²) in [5, 5.41) is 3.51. The lowest BCUT2D eigenvalue weighted by atomic mass is 10.0. The van der Waals surface area contributed by atoms with Crippen LogP contribution in [0.2, 0.25) is 0 Å². The molecule has 1 aliphatic rings. The van der Waals surface area contributed by atoms with Crippen molar-refractivity contribution < 1.29 is 4.39 Å². The molecule has 2 rings (SSSR count). The average Bonchev–Trinajstić information content (AvgIpc) is 3.24. The number of hydrogen-bond donors (Lipinski definition) is 1. The highest BCUT2D eigenvalue weighted by atomic mass is 19.1. The molecule has 0 aromatic heterocycles. The second-order valence-electron chi connectivity index (χ2n) is 5.31. The van der Waals surface area contributed by atoms with E-state index in [1.54, 1.807) is 12.1 Å². The molecule has 1 fully saturated rings. The van der Waals surface area contributed by atoms with Crippen molar-refractivity contribution in [1.29, 1.82) is 0 Å². The summed E-state index contributed by atoms with van der Waals surface area (Å²) < 4.78 is 13.0. The van der Waals surface area contributed by atoms with Crippen LogP contribution in [-0.2, 0) is 0 Å². The van der Waals surface area contributed by atoms with Crippen LogP contribution in [-0.4, -0.2) is 30.6 Å². The van der Waals surface area contributed by atoms with Gasteiger partial charge in [0.25, 0.3) is 0 Å². The SMILES string of the molecule is CCNC(CCN(CC)C1CC1)c1ccc(F)cc1. The fourth-order valence-corrected chi connectivity index (χ4v) is 2.66. The van der Waals surface area contributed by atoms with E-state index in [1.807, 2.05) is 12.1 Å². The number of halogens is 1. The molecule has 0 heterocycles. The van der Waals surface area contributed by atoms with Gasteiger partial charge in [-0.2, -0.15) is 0 Å². The molecule has 0 spiro atoms. The smallest absolute Gasteiger partial charge is 0.123 e. The Labute approximate surface area is 116 Å². The summed E-state index contributed by atoms with van der Waals surface area (Å²) in [5.74, 6) is -0.160. The third-order valence-corrected chi connectivity index (χ3v) is 3.90. The van der Waals surface area contributed by atoms with Gasteiger partial charge >= 0.3 is 0 Å². The number of rotatable bonds is 8. The summed E-state index contributed by atoms with van der Waals surface area (Å²) in [5.41, 5.74) is 1.19. The standard InChI is InChI=1S/C16H25FN2/c1-3-18-16(13-5-7-14(17)8-6-13)11-12-19(4-2)15-9-10-15/h5-8,15-16,18H,3-4,9-12H2,1-2H3. The third kappa shape index (κ3) is 4.29. The molecule has 0 radical (unpaired) electrons. The summed E-state index contributed by atoms with van der Waals surface area (Å²) in [6, 6.07) is 8.06. The van der Waals surface area contributed by atoms with Crippen molar-refractivity contribution in [2.75, 3.05) is 19.6 Å². The fraction of sp³-hybridized carbons (Fsp3) is 0.625. The third-order valence-electron chi connectivity index (χ3n) is 3.90. The van der Waals surface area contributed by atoms with Crippen LogP contribution in [0.25, 0.3) is 0 Å². The van der Waals surface area contributed by atoms with Crippen LogP contribution in [0.3, 0.4) is 0 Å². The first-order valence-electron chi connectivity index (χ1n) is 7.47. The zero-order valence-electron chi connectivity index (χ0n) is 12.0. The first-order chi connectivity index (χ1) is 9.24. The molecule has 1 N–H and O–H groups in total. The van der Waals surface area contributed by atoms with E-state index >= 15 is 0 Å². The monoisotopic (exact) mass is 264 g/mol. The molecule has 1 aromatic rings. The Morgan fingerprint density at radius 3 is 2.47 bits per heavy atom. The van der Waals surface area contributed by atoms with E-state index in [-0.39, 0.29) is 5.82 Å². The molecule has 0 bridgehead atoms. The van der Waals surface area contributed by atoms with Gasteiger partial charge in [-0.1, -0.05) is 26.0 Å². The molecule has 0 aliphatic heterocycles. The maximum Gasteiger partial charge on any atom is 0.123 e. The Bertz CT molecular complexity index is 373. The Balaban J connectivity index is 1.93. The lowest BCUT2D eigenvalue weighted by Gasteiger charge is -2.24. The fourth-order valence-electron chi connectivity index (χ4n) is 2.66. The molecule has 1 atom stereocenters. The second-order valence-corrected chi connectivity index (χ2v) is 5.31. The van der Waals surface area contributed by atoms with Crippen molar-refractivity contribution in [2.24, 2.45) is 0 Å². The summed E-state index contributed by atoms with van der Waals surface area (Å²) in [6.07, 6.45) is 3.80. The summed E-state index contributed by atoms with van der Waals surface area (Å²) in [7, 11) is 0. The molecule has 19 heavy (non-hydrogen) atoms. The van der Waals surface area contributed by atoms with Crippen molar-refractivity contribution in [3.05, 3.63) is 35.6 Å². The van der Waals surface area contributed by atoms with Crippen LogP contribution in [0.15, 0.2) is 24.3 Å². The van der Waals surface area contributed by atoms with Gasteiger partial charge < -0.3 is 10.2 Å². The molecule has 3 heteroatoms. The van der Waals surface area contributed by atoms with Gasteiger partial charge in [0.15, 0.2) is 0 Å². The van der Waals surface area contributed by atoms with E-state index < -0.39 is 0 Å². The van der Waals surface area contributed by atoms with Crippen LogP contribution in [0, 0.1) is 5.82 Å². The largest absolute Gasteiger partial charge is 0.310 e. The van der Waals surface area contributed by atoms with Crippen LogP contribution >= 0.6 is 0 Å². The number of nitrogens with zero attached hydrogens (tertiary/aromatic N) is 1. The van der Waals surface area contributed by atoms with Gasteiger partial charge in [-0.3, -0.25) is 0 Å². The second kappa shape index (κ2) is 7.01. The summed E-state index contributed by atoms with van der Waals surface area (Å²) in [4.78, 5) is 2.56. The van der Waals surface area contributed by atoms with Gasteiger partial charge in [0.05, 0.1) is 0 Å². The lowest BCUT2D eigenvalue weighted by molar-refractivity contribution is 0.260. The molecule has 1 aliphatic carbocycles. The van der Waals surface area contributed by atoms with Crippen molar-refractivity contribution in [1.82, 2.24) is 10.2 Å². The molecular weight excluding hydrogens is 239 g/mol. The predicted octanol–water partition coefficient (Wildman–Crippen LogP) is 3.35. The van der Waals surface area contributed by atoms with Gasteiger partial charge in [0, 0.05) is 18.6 Å². The Kier molecular flexibility index (Phi) is 5.34. The van der Waals surface area contributed by atoms with Gasteiger partial charge in [-0.05, 0) is 50.0 Å². The minimum atomic E-state index is -0.160. The molecular formula is C16H25FN2. The number of nitrogens with one attached hydrogen (secondary N) is 1.